The monoisotopic (exact) mass is 527 g/mol. The lowest BCUT2D eigenvalue weighted by Crippen LogP contribution is -2.13. The molecule has 5 aromatic rings. The van der Waals surface area contributed by atoms with Crippen molar-refractivity contribution < 1.29 is 18.3 Å². The van der Waals surface area contributed by atoms with Crippen molar-refractivity contribution in [3.05, 3.63) is 83.0 Å². The van der Waals surface area contributed by atoms with Crippen LogP contribution in [0.5, 0.6) is 0 Å². The van der Waals surface area contributed by atoms with Crippen LogP contribution in [0, 0.1) is 0 Å². The van der Waals surface area contributed by atoms with Crippen LogP contribution in [0.2, 0.25) is 5.02 Å². The summed E-state index contributed by atoms with van der Waals surface area (Å²) in [5, 5.41) is 18.8. The van der Waals surface area contributed by atoms with E-state index < -0.39 is 11.9 Å². The maximum Gasteiger partial charge on any atom is 0.433 e. The van der Waals surface area contributed by atoms with Crippen LogP contribution >= 0.6 is 11.6 Å². The number of hydrogen-bond acceptors (Lipinski definition) is 6. The summed E-state index contributed by atoms with van der Waals surface area (Å²) in [6, 6.07) is 9.17. The van der Waals surface area contributed by atoms with Gasteiger partial charge in [0.05, 0.1) is 18.8 Å². The van der Waals surface area contributed by atoms with Crippen molar-refractivity contribution in [2.24, 2.45) is 0 Å². The predicted molar refractivity (Wildman–Crippen MR) is 133 cm³/mol. The number of nitrogen functional groups attached to an aromatic ring is 1. The highest BCUT2D eigenvalue weighted by Gasteiger charge is 2.32. The molecule has 0 aliphatic heterocycles. The predicted octanol–water partition coefficient (Wildman–Crippen LogP) is 5.40. The molecule has 0 radical (unpaired) electrons. The largest absolute Gasteiger partial charge is 0.433 e. The van der Waals surface area contributed by atoms with E-state index >= 15 is 0 Å². The van der Waals surface area contributed by atoms with Crippen molar-refractivity contribution >= 4 is 23.2 Å². The average molecular weight is 528 g/mol. The van der Waals surface area contributed by atoms with Gasteiger partial charge in [0.25, 0.3) is 0 Å². The van der Waals surface area contributed by atoms with E-state index in [4.69, 9.17) is 17.3 Å². The number of halogens is 4. The Hall–Kier alpha value is -3.96. The van der Waals surface area contributed by atoms with E-state index in [2.05, 4.69) is 20.2 Å². The number of nitrogens with zero attached hydrogens (tertiary/aromatic N) is 6. The minimum absolute atomic E-state index is 0.0874. The smallest absolute Gasteiger partial charge is 0.392 e. The number of aliphatic hydroxyl groups excluding tert-OH is 1. The molecule has 0 aliphatic carbocycles. The molecule has 0 saturated heterocycles. The topological polar surface area (TPSA) is 107 Å². The van der Waals surface area contributed by atoms with E-state index in [9.17, 15) is 18.3 Å². The van der Waals surface area contributed by atoms with Gasteiger partial charge < -0.3 is 10.8 Å². The molecular weight excluding hydrogens is 507 g/mol. The zero-order valence-electron chi connectivity index (χ0n) is 19.5. The second-order valence-corrected chi connectivity index (χ2v) is 8.87. The van der Waals surface area contributed by atoms with E-state index in [-0.39, 0.29) is 18.6 Å². The first kappa shape index (κ1) is 24.7. The number of anilines is 1. The third-order valence-electron chi connectivity index (χ3n) is 6.06. The summed E-state index contributed by atoms with van der Waals surface area (Å²) < 4.78 is 42.0. The minimum atomic E-state index is -4.50. The summed E-state index contributed by atoms with van der Waals surface area (Å²) in [5.41, 5.74) is 9.51. The average Bonchev–Trinajstić information content (AvgIpc) is 3.50. The molecule has 37 heavy (non-hydrogen) atoms. The Kier molecular flexibility index (Phi) is 6.34. The molecule has 12 heteroatoms. The molecule has 1 unspecified atom stereocenters. The van der Waals surface area contributed by atoms with E-state index in [1.54, 1.807) is 39.8 Å². The molecule has 3 N–H and O–H groups in total. The molecular formula is C25H21ClF3N7O. The van der Waals surface area contributed by atoms with Crippen molar-refractivity contribution in [2.75, 3.05) is 5.73 Å². The fraction of sp³-hybridized carbons (Fsp3) is 0.200. The number of fused-ring (bicyclic) bond motifs is 1. The van der Waals surface area contributed by atoms with Crippen molar-refractivity contribution in [3.8, 4) is 22.3 Å². The summed E-state index contributed by atoms with van der Waals surface area (Å²) in [6.45, 7) is 1.77. The number of rotatable bonds is 6. The third-order valence-corrected chi connectivity index (χ3v) is 6.39. The van der Waals surface area contributed by atoms with Gasteiger partial charge in [0, 0.05) is 45.9 Å². The van der Waals surface area contributed by atoms with Crippen LogP contribution in [0.3, 0.4) is 0 Å². The molecule has 190 valence electrons. The molecule has 1 aromatic carbocycles. The van der Waals surface area contributed by atoms with Gasteiger partial charge in [-0.3, -0.25) is 9.67 Å². The highest BCUT2D eigenvalue weighted by Crippen LogP contribution is 2.35. The summed E-state index contributed by atoms with van der Waals surface area (Å²) in [6.07, 6.45) is 2.55. The molecule has 1 atom stereocenters. The highest BCUT2D eigenvalue weighted by atomic mass is 35.5. The Balaban J connectivity index is 1.57. The number of pyridine rings is 2. The van der Waals surface area contributed by atoms with Gasteiger partial charge >= 0.3 is 6.18 Å². The van der Waals surface area contributed by atoms with Crippen LogP contribution in [0.1, 0.15) is 36.2 Å². The van der Waals surface area contributed by atoms with Gasteiger partial charge in [-0.05, 0) is 41.8 Å². The molecule has 4 heterocycles. The second-order valence-electron chi connectivity index (χ2n) is 8.46. The van der Waals surface area contributed by atoms with Crippen molar-refractivity contribution in [3.63, 3.8) is 0 Å². The Morgan fingerprint density at radius 1 is 1.05 bits per heavy atom. The van der Waals surface area contributed by atoms with Gasteiger partial charge in [-0.25, -0.2) is 4.52 Å². The molecule has 0 aliphatic rings. The van der Waals surface area contributed by atoms with Gasteiger partial charge in [-0.15, -0.1) is 5.10 Å². The summed E-state index contributed by atoms with van der Waals surface area (Å²) in [5.74, 6) is 0.0874. The zero-order valence-corrected chi connectivity index (χ0v) is 20.2. The molecule has 0 spiro atoms. The van der Waals surface area contributed by atoms with Crippen LogP contribution in [-0.2, 0) is 12.8 Å². The zero-order chi connectivity index (χ0) is 26.3. The van der Waals surface area contributed by atoms with Crippen LogP contribution in [0.25, 0.3) is 27.9 Å². The number of hydrogen-bond donors (Lipinski definition) is 2. The van der Waals surface area contributed by atoms with E-state index in [0.717, 1.165) is 17.2 Å². The lowest BCUT2D eigenvalue weighted by Gasteiger charge is -2.16. The fourth-order valence-electron chi connectivity index (χ4n) is 4.24. The lowest BCUT2D eigenvalue weighted by atomic mass is 10.0. The number of nitrogens with two attached hydrogens (primary N) is 1. The first-order valence-corrected chi connectivity index (χ1v) is 11.7. The van der Waals surface area contributed by atoms with Crippen LogP contribution < -0.4 is 5.73 Å². The van der Waals surface area contributed by atoms with Gasteiger partial charge in [0.1, 0.15) is 5.69 Å². The Morgan fingerprint density at radius 3 is 2.54 bits per heavy atom. The minimum Gasteiger partial charge on any atom is -0.392 e. The van der Waals surface area contributed by atoms with Gasteiger partial charge in [0.15, 0.2) is 5.65 Å². The van der Waals surface area contributed by atoms with Crippen molar-refractivity contribution in [1.82, 2.24) is 29.4 Å². The van der Waals surface area contributed by atoms with E-state index in [1.165, 1.54) is 12.3 Å². The van der Waals surface area contributed by atoms with Gasteiger partial charge in [0.2, 0.25) is 5.95 Å². The van der Waals surface area contributed by atoms with Gasteiger partial charge in [-0.2, -0.15) is 23.3 Å². The van der Waals surface area contributed by atoms with Crippen LogP contribution in [0.15, 0.2) is 61.2 Å². The molecule has 0 bridgehead atoms. The van der Waals surface area contributed by atoms with Crippen molar-refractivity contribution in [2.45, 2.75) is 32.2 Å². The number of aliphatic hydroxyl groups is 1. The molecule has 5 rings (SSSR count). The first-order valence-electron chi connectivity index (χ1n) is 11.3. The van der Waals surface area contributed by atoms with Crippen molar-refractivity contribution in [1.29, 1.82) is 0 Å². The van der Waals surface area contributed by atoms with Crippen LogP contribution in [0.4, 0.5) is 19.1 Å². The molecule has 4 aromatic heterocycles. The van der Waals surface area contributed by atoms with E-state index in [0.29, 0.717) is 39.3 Å². The van der Waals surface area contributed by atoms with Crippen LogP contribution in [-0.4, -0.2) is 34.5 Å². The quantitative estimate of drug-likeness (QED) is 0.306. The normalized spacial score (nSPS) is 12.8. The summed E-state index contributed by atoms with van der Waals surface area (Å²) in [7, 11) is 0. The molecule has 0 saturated carbocycles. The molecule has 8 nitrogen and oxygen atoms in total. The Labute approximate surface area is 214 Å². The standard InChI is InChI=1S/C25H21ClF3N7O/c1-2-21(15-4-6-22(31-9-15)25(27,28)29)35-12-17(10-32-35)16-8-19(23-33-24(30)34-36(23)11-16)18-7-14(13-37)3-5-20(18)26/h3-12,21,37H,2,13H2,1H3,(H2,30,34). The fourth-order valence-corrected chi connectivity index (χ4v) is 4.46. The van der Waals surface area contributed by atoms with E-state index in [1.807, 2.05) is 19.2 Å². The first-order chi connectivity index (χ1) is 17.7. The second kappa shape index (κ2) is 9.49. The maximum absolute atomic E-state index is 12.9. The summed E-state index contributed by atoms with van der Waals surface area (Å²) >= 11 is 6.50. The Bertz CT molecular complexity index is 1580. The highest BCUT2D eigenvalue weighted by molar-refractivity contribution is 6.33. The lowest BCUT2D eigenvalue weighted by molar-refractivity contribution is -0.141. The number of benzene rings is 1. The third kappa shape index (κ3) is 4.75. The number of aromatic nitrogens is 6. The molecule has 0 amide bonds. The molecule has 0 fully saturated rings. The number of alkyl halides is 3. The Morgan fingerprint density at radius 2 is 1.86 bits per heavy atom. The SMILES string of the molecule is CCC(c1ccc(C(F)(F)F)nc1)n1cc(-c2cc(-c3cc(CO)ccc3Cl)c3nc(N)nn3c2)cn1. The van der Waals surface area contributed by atoms with Gasteiger partial charge in [-0.1, -0.05) is 30.7 Å². The summed E-state index contributed by atoms with van der Waals surface area (Å²) in [4.78, 5) is 7.92. The maximum atomic E-state index is 12.9.